The molecule has 256 valence electrons. The van der Waals surface area contributed by atoms with E-state index in [1.54, 1.807) is 27.7 Å². The zero-order valence-electron chi connectivity index (χ0n) is 27.2. The first kappa shape index (κ1) is 31.6. The highest BCUT2D eigenvalue weighted by molar-refractivity contribution is 6.54. The number of ether oxygens (including phenoxy) is 1. The van der Waals surface area contributed by atoms with Crippen molar-refractivity contribution in [1.29, 1.82) is 0 Å². The molecule has 3 aliphatic heterocycles. The Balaban J connectivity index is 1.08. The minimum atomic E-state index is -1.36. The van der Waals surface area contributed by atoms with Gasteiger partial charge in [-0.2, -0.15) is 5.10 Å². The molecule has 1 saturated carbocycles. The van der Waals surface area contributed by atoms with E-state index in [0.29, 0.717) is 35.4 Å². The lowest BCUT2D eigenvalue weighted by molar-refractivity contribution is -0.112. The Kier molecular flexibility index (Phi) is 7.82. The van der Waals surface area contributed by atoms with Crippen molar-refractivity contribution in [2.45, 2.75) is 37.8 Å². The Morgan fingerprint density at radius 3 is 2.62 bits per heavy atom. The Morgan fingerprint density at radius 1 is 1.10 bits per heavy atom. The van der Waals surface area contributed by atoms with Crippen molar-refractivity contribution in [3.63, 3.8) is 0 Å². The fourth-order valence-electron chi connectivity index (χ4n) is 7.72. The number of nitrogens with zero attached hydrogens (tertiary/aromatic N) is 6. The van der Waals surface area contributed by atoms with Gasteiger partial charge in [0.25, 0.3) is 11.8 Å². The van der Waals surface area contributed by atoms with Gasteiger partial charge < -0.3 is 19.3 Å². The van der Waals surface area contributed by atoms with Crippen molar-refractivity contribution in [3.8, 4) is 5.75 Å². The van der Waals surface area contributed by atoms with E-state index >= 15 is 4.39 Å². The number of halogens is 1. The fourth-order valence-corrected chi connectivity index (χ4v) is 7.72. The van der Waals surface area contributed by atoms with Crippen molar-refractivity contribution in [2.24, 2.45) is 11.0 Å². The predicted molar refractivity (Wildman–Crippen MR) is 182 cm³/mol. The van der Waals surface area contributed by atoms with Gasteiger partial charge in [0.1, 0.15) is 11.3 Å². The lowest BCUT2D eigenvalue weighted by atomic mass is 9.92. The quantitative estimate of drug-likeness (QED) is 0.267. The van der Waals surface area contributed by atoms with Gasteiger partial charge in [-0.1, -0.05) is 18.2 Å². The number of hydrogen-bond acceptors (Lipinski definition) is 9. The van der Waals surface area contributed by atoms with Gasteiger partial charge in [0.05, 0.1) is 30.4 Å². The van der Waals surface area contributed by atoms with Crippen molar-refractivity contribution in [2.75, 3.05) is 43.2 Å². The number of nitrogens with one attached hydrogen (secondary N) is 1. The highest BCUT2D eigenvalue weighted by Crippen LogP contribution is 2.46. The molecule has 1 aliphatic carbocycles. The predicted octanol–water partition coefficient (Wildman–Crippen LogP) is 3.62. The minimum absolute atomic E-state index is 0.00155. The molecule has 2 atom stereocenters. The van der Waals surface area contributed by atoms with Gasteiger partial charge >= 0.3 is 5.97 Å². The molecule has 2 aromatic carbocycles. The minimum Gasteiger partial charge on any atom is -0.492 e. The summed E-state index contributed by atoms with van der Waals surface area (Å²) in [7, 11) is 1.44. The molecule has 2 saturated heterocycles. The van der Waals surface area contributed by atoms with E-state index < -0.39 is 28.7 Å². The summed E-state index contributed by atoms with van der Waals surface area (Å²) in [6.07, 6.45) is 7.80. The van der Waals surface area contributed by atoms with Crippen LogP contribution in [0.1, 0.15) is 58.0 Å². The van der Waals surface area contributed by atoms with E-state index in [0.717, 1.165) is 38.3 Å². The second kappa shape index (κ2) is 12.4. The van der Waals surface area contributed by atoms with E-state index in [4.69, 9.17) is 4.74 Å². The van der Waals surface area contributed by atoms with Crippen LogP contribution >= 0.6 is 0 Å². The molecule has 2 amide bonds. The summed E-state index contributed by atoms with van der Waals surface area (Å²) < 4.78 is 23.8. The first-order valence-corrected chi connectivity index (χ1v) is 16.6. The number of likely N-dealkylation sites (tertiary alicyclic amines) is 1. The standard InChI is InChI=1S/C36H34FN7O6/c1-50-33-30-24(32(45)25(36(48)49)17-43(30)22-8-9-22)15-26(37)31(33)42-16-21-5-4-14-41(28(21)18-42)19-44-27-7-3-2-6-23(27)29(35(44)47)39-40-34(46)20-10-12-38-13-11-20/h2-3,6-7,10-13,15,17,21-22,28H,4-5,8-9,14,16,18-19H2,1H3,(H,40,46)(H,48,49)/b39-29-/t21-,28+/m0/s1. The van der Waals surface area contributed by atoms with E-state index in [2.05, 4.69) is 20.4 Å². The summed E-state index contributed by atoms with van der Waals surface area (Å²) in [6, 6.07) is 11.6. The summed E-state index contributed by atoms with van der Waals surface area (Å²) in [5.41, 5.74) is 3.81. The number of aromatic nitrogens is 2. The van der Waals surface area contributed by atoms with Gasteiger partial charge in [-0.05, 0) is 55.9 Å². The molecule has 8 rings (SSSR count). The molecule has 0 unspecified atom stereocenters. The van der Waals surface area contributed by atoms with Crippen LogP contribution in [0.4, 0.5) is 15.8 Å². The van der Waals surface area contributed by atoms with Crippen LogP contribution in [0, 0.1) is 11.7 Å². The lowest BCUT2D eigenvalue weighted by Crippen LogP contribution is -2.51. The lowest BCUT2D eigenvalue weighted by Gasteiger charge is -2.38. The zero-order valence-corrected chi connectivity index (χ0v) is 27.2. The number of carbonyl (C=O) groups is 3. The van der Waals surface area contributed by atoms with Gasteiger partial charge in [-0.3, -0.25) is 29.2 Å². The number of methoxy groups -OCH3 is 1. The number of pyridine rings is 2. The summed E-state index contributed by atoms with van der Waals surface area (Å²) >= 11 is 0. The second-order valence-electron chi connectivity index (χ2n) is 13.2. The number of hydrogen-bond donors (Lipinski definition) is 2. The molecule has 2 aromatic heterocycles. The summed E-state index contributed by atoms with van der Waals surface area (Å²) in [6.45, 7) is 2.00. The second-order valence-corrected chi connectivity index (χ2v) is 13.2. The number of piperidine rings is 1. The van der Waals surface area contributed by atoms with Crippen LogP contribution < -0.4 is 25.4 Å². The Bertz CT molecular complexity index is 2150. The SMILES string of the molecule is COc1c(N2C[C@@H]3CCCN(CN4C(=O)/C(=N\NC(=O)c5ccncc5)c5ccccc54)[C@@H]3C2)c(F)cc2c(=O)c(C(=O)O)cn(C3CC3)c12. The average Bonchev–Trinajstić information content (AvgIpc) is 3.82. The number of benzene rings is 2. The first-order chi connectivity index (χ1) is 24.2. The first-order valence-electron chi connectivity index (χ1n) is 16.6. The number of carboxylic acid groups (broad SMARTS) is 1. The molecule has 2 N–H and O–H groups in total. The van der Waals surface area contributed by atoms with Gasteiger partial charge in [0.2, 0.25) is 5.43 Å². The largest absolute Gasteiger partial charge is 0.492 e. The number of carbonyl (C=O) groups excluding carboxylic acids is 2. The van der Waals surface area contributed by atoms with Gasteiger partial charge in [-0.15, -0.1) is 0 Å². The smallest absolute Gasteiger partial charge is 0.341 e. The molecule has 3 fully saturated rings. The summed E-state index contributed by atoms with van der Waals surface area (Å²) in [4.78, 5) is 61.4. The van der Waals surface area contributed by atoms with Gasteiger partial charge in [-0.25, -0.2) is 14.6 Å². The highest BCUT2D eigenvalue weighted by Gasteiger charge is 2.44. The van der Waals surface area contributed by atoms with E-state index in [1.807, 2.05) is 23.1 Å². The van der Waals surface area contributed by atoms with Crippen LogP contribution in [0.25, 0.3) is 10.9 Å². The monoisotopic (exact) mass is 679 g/mol. The number of rotatable bonds is 8. The Labute approximate surface area is 285 Å². The number of amides is 2. The van der Waals surface area contributed by atoms with Crippen LogP contribution in [0.2, 0.25) is 0 Å². The van der Waals surface area contributed by atoms with Crippen LogP contribution in [-0.4, -0.2) is 82.5 Å². The molecule has 0 radical (unpaired) electrons. The topological polar surface area (TPSA) is 150 Å². The molecule has 5 heterocycles. The maximum Gasteiger partial charge on any atom is 0.341 e. The number of para-hydroxylation sites is 1. The molecule has 4 aromatic rings. The van der Waals surface area contributed by atoms with Gasteiger partial charge in [0.15, 0.2) is 17.3 Å². The van der Waals surface area contributed by atoms with E-state index in [-0.39, 0.29) is 53.1 Å². The molecule has 0 spiro atoms. The maximum atomic E-state index is 16.2. The van der Waals surface area contributed by atoms with Crippen molar-refractivity contribution in [3.05, 3.63) is 93.8 Å². The Morgan fingerprint density at radius 2 is 1.88 bits per heavy atom. The Hall–Kier alpha value is -5.63. The third kappa shape index (κ3) is 5.26. The molecular weight excluding hydrogens is 645 g/mol. The third-order valence-electron chi connectivity index (χ3n) is 10.2. The molecular formula is C36H34FN7O6. The number of fused-ring (bicyclic) bond motifs is 3. The molecule has 13 nitrogen and oxygen atoms in total. The van der Waals surface area contributed by atoms with E-state index in [9.17, 15) is 24.3 Å². The summed E-state index contributed by atoms with van der Waals surface area (Å²) in [5, 5.41) is 13.9. The third-order valence-corrected chi connectivity index (χ3v) is 10.2. The maximum absolute atomic E-state index is 16.2. The normalized spacial score (nSPS) is 21.1. The van der Waals surface area contributed by atoms with E-state index in [1.165, 1.54) is 25.7 Å². The zero-order chi connectivity index (χ0) is 34.7. The molecule has 50 heavy (non-hydrogen) atoms. The summed E-state index contributed by atoms with van der Waals surface area (Å²) in [5.74, 6) is -2.42. The van der Waals surface area contributed by atoms with Crippen LogP contribution in [0.3, 0.4) is 0 Å². The molecule has 0 bridgehead atoms. The van der Waals surface area contributed by atoms with Crippen LogP contribution in [0.5, 0.6) is 5.75 Å². The number of carboxylic acids is 1. The fraction of sp³-hybridized carbons (Fsp3) is 0.333. The van der Waals surface area contributed by atoms with Crippen LogP contribution in [0.15, 0.2) is 71.0 Å². The number of aromatic carboxylic acids is 1. The highest BCUT2D eigenvalue weighted by atomic mass is 19.1. The number of anilines is 2. The van der Waals surface area contributed by atoms with Crippen molar-refractivity contribution >= 4 is 45.8 Å². The average molecular weight is 680 g/mol. The number of hydrazone groups is 1. The van der Waals surface area contributed by atoms with Crippen molar-refractivity contribution in [1.82, 2.24) is 19.9 Å². The molecule has 14 heteroatoms. The van der Waals surface area contributed by atoms with Gasteiger partial charge in [0, 0.05) is 61.4 Å². The van der Waals surface area contributed by atoms with Crippen molar-refractivity contribution < 1.29 is 28.6 Å². The van der Waals surface area contributed by atoms with Crippen LogP contribution in [-0.2, 0) is 4.79 Å². The molecule has 4 aliphatic rings.